The number of aliphatic hydroxyl groups is 1. The van der Waals surface area contributed by atoms with Gasteiger partial charge in [-0.25, -0.2) is 9.78 Å². The zero-order chi connectivity index (χ0) is 12.0. The van der Waals surface area contributed by atoms with Crippen LogP contribution in [-0.4, -0.2) is 42.9 Å². The molecule has 0 aliphatic carbocycles. The van der Waals surface area contributed by atoms with Gasteiger partial charge in [-0.2, -0.15) is 0 Å². The molecule has 5 heteroatoms. The number of carbonyl (C=O) groups is 1. The molecule has 0 radical (unpaired) electrons. The second kappa shape index (κ2) is 6.07. The molecule has 0 spiro atoms. The smallest absolute Gasteiger partial charge is 0.338 e. The van der Waals surface area contributed by atoms with E-state index < -0.39 is 0 Å². The van der Waals surface area contributed by atoms with Crippen molar-refractivity contribution in [1.82, 2.24) is 4.98 Å². The van der Waals surface area contributed by atoms with Gasteiger partial charge in [0.2, 0.25) is 0 Å². The van der Waals surface area contributed by atoms with Gasteiger partial charge in [-0.3, -0.25) is 0 Å². The van der Waals surface area contributed by atoms with Crippen LogP contribution in [-0.2, 0) is 4.74 Å². The summed E-state index contributed by atoms with van der Waals surface area (Å²) in [5, 5.41) is 8.89. The van der Waals surface area contributed by atoms with Crippen LogP contribution in [0.5, 0.6) is 0 Å². The number of aromatic nitrogens is 1. The highest BCUT2D eigenvalue weighted by Gasteiger charge is 2.10. The quantitative estimate of drug-likeness (QED) is 0.745. The number of nitrogens with zero attached hydrogens (tertiary/aromatic N) is 2. The van der Waals surface area contributed by atoms with Crippen LogP contribution in [0.3, 0.4) is 0 Å². The Bertz CT molecular complexity index is 355. The maximum Gasteiger partial charge on any atom is 0.338 e. The van der Waals surface area contributed by atoms with Crippen LogP contribution in [0, 0.1) is 0 Å². The molecule has 0 saturated heterocycles. The SMILES string of the molecule is CCN(CCO)c1cc(C(=O)OC)ccn1. The fourth-order valence-electron chi connectivity index (χ4n) is 1.39. The number of likely N-dealkylation sites (N-methyl/N-ethyl adjacent to an activating group) is 1. The van der Waals surface area contributed by atoms with Gasteiger partial charge >= 0.3 is 5.97 Å². The highest BCUT2D eigenvalue weighted by atomic mass is 16.5. The average Bonchev–Trinajstić information content (AvgIpc) is 2.35. The van der Waals surface area contributed by atoms with Crippen LogP contribution in [0.2, 0.25) is 0 Å². The summed E-state index contributed by atoms with van der Waals surface area (Å²) in [4.78, 5) is 17.4. The van der Waals surface area contributed by atoms with Crippen molar-refractivity contribution in [1.29, 1.82) is 0 Å². The van der Waals surface area contributed by atoms with Crippen LogP contribution in [0.4, 0.5) is 5.82 Å². The molecule has 0 fully saturated rings. The van der Waals surface area contributed by atoms with Gasteiger partial charge in [0.25, 0.3) is 0 Å². The first-order valence-electron chi connectivity index (χ1n) is 5.13. The van der Waals surface area contributed by atoms with E-state index in [1.807, 2.05) is 11.8 Å². The number of rotatable bonds is 5. The molecule has 1 aromatic rings. The first kappa shape index (κ1) is 12.4. The molecule has 1 heterocycles. The van der Waals surface area contributed by atoms with E-state index in [1.54, 1.807) is 18.3 Å². The summed E-state index contributed by atoms with van der Waals surface area (Å²) in [5.74, 6) is 0.281. The van der Waals surface area contributed by atoms with Crippen molar-refractivity contribution in [3.05, 3.63) is 23.9 Å². The van der Waals surface area contributed by atoms with Gasteiger partial charge in [0.05, 0.1) is 19.3 Å². The van der Waals surface area contributed by atoms with Gasteiger partial charge in [0.1, 0.15) is 5.82 Å². The summed E-state index contributed by atoms with van der Waals surface area (Å²) in [7, 11) is 1.34. The number of aliphatic hydroxyl groups excluding tert-OH is 1. The predicted molar refractivity (Wildman–Crippen MR) is 60.5 cm³/mol. The molecule has 1 rings (SSSR count). The van der Waals surface area contributed by atoms with Crippen LogP contribution in [0.15, 0.2) is 18.3 Å². The largest absolute Gasteiger partial charge is 0.465 e. The van der Waals surface area contributed by atoms with Gasteiger partial charge < -0.3 is 14.7 Å². The number of esters is 1. The summed E-state index contributed by atoms with van der Waals surface area (Å²) in [5.41, 5.74) is 0.462. The minimum absolute atomic E-state index is 0.0535. The van der Waals surface area contributed by atoms with Crippen molar-refractivity contribution in [3.8, 4) is 0 Å². The summed E-state index contributed by atoms with van der Waals surface area (Å²) in [6, 6.07) is 3.26. The number of carbonyl (C=O) groups excluding carboxylic acids is 1. The van der Waals surface area contributed by atoms with E-state index in [9.17, 15) is 4.79 Å². The van der Waals surface area contributed by atoms with Crippen molar-refractivity contribution in [2.24, 2.45) is 0 Å². The first-order valence-corrected chi connectivity index (χ1v) is 5.13. The number of ether oxygens (including phenoxy) is 1. The lowest BCUT2D eigenvalue weighted by Crippen LogP contribution is -2.27. The Balaban J connectivity index is 2.92. The number of pyridine rings is 1. The molecule has 1 N–H and O–H groups in total. The molecule has 0 unspecified atom stereocenters. The zero-order valence-electron chi connectivity index (χ0n) is 9.51. The molecule has 0 atom stereocenters. The maximum atomic E-state index is 11.3. The van der Waals surface area contributed by atoms with Crippen molar-refractivity contribution in [2.75, 3.05) is 31.7 Å². The number of hydrogen-bond donors (Lipinski definition) is 1. The van der Waals surface area contributed by atoms with E-state index in [4.69, 9.17) is 5.11 Å². The fraction of sp³-hybridized carbons (Fsp3) is 0.455. The first-order chi connectivity index (χ1) is 7.72. The summed E-state index contributed by atoms with van der Waals surface area (Å²) in [6.45, 7) is 3.23. The highest BCUT2D eigenvalue weighted by molar-refractivity contribution is 5.90. The van der Waals surface area contributed by atoms with E-state index in [2.05, 4.69) is 9.72 Å². The minimum atomic E-state index is -0.385. The van der Waals surface area contributed by atoms with Crippen LogP contribution in [0.1, 0.15) is 17.3 Å². The highest BCUT2D eigenvalue weighted by Crippen LogP contribution is 2.12. The molecular formula is C11H16N2O3. The molecular weight excluding hydrogens is 208 g/mol. The second-order valence-electron chi connectivity index (χ2n) is 3.20. The van der Waals surface area contributed by atoms with Gasteiger partial charge in [-0.15, -0.1) is 0 Å². The lowest BCUT2D eigenvalue weighted by Gasteiger charge is -2.20. The Morgan fingerprint density at radius 1 is 1.62 bits per heavy atom. The third-order valence-electron chi connectivity index (χ3n) is 2.24. The third-order valence-corrected chi connectivity index (χ3v) is 2.24. The normalized spacial score (nSPS) is 9.94. The van der Waals surface area contributed by atoms with Gasteiger partial charge in [0, 0.05) is 19.3 Å². The van der Waals surface area contributed by atoms with E-state index in [0.29, 0.717) is 17.9 Å². The second-order valence-corrected chi connectivity index (χ2v) is 3.20. The molecule has 0 aliphatic heterocycles. The maximum absolute atomic E-state index is 11.3. The van der Waals surface area contributed by atoms with Crippen molar-refractivity contribution < 1.29 is 14.6 Å². The Kier molecular flexibility index (Phi) is 4.72. The van der Waals surface area contributed by atoms with Gasteiger partial charge in [-0.1, -0.05) is 0 Å². The summed E-state index contributed by atoms with van der Waals surface area (Å²) < 4.78 is 4.63. The van der Waals surface area contributed by atoms with Crippen LogP contribution < -0.4 is 4.90 Å². The Labute approximate surface area is 94.7 Å². The zero-order valence-corrected chi connectivity index (χ0v) is 9.51. The number of anilines is 1. The standard InChI is InChI=1S/C11H16N2O3/c1-3-13(6-7-14)10-8-9(4-5-12-10)11(15)16-2/h4-5,8,14H,3,6-7H2,1-2H3. The lowest BCUT2D eigenvalue weighted by molar-refractivity contribution is 0.0600. The fourth-order valence-corrected chi connectivity index (χ4v) is 1.39. The van der Waals surface area contributed by atoms with Crippen LogP contribution in [0.25, 0.3) is 0 Å². The van der Waals surface area contributed by atoms with Crippen molar-refractivity contribution in [2.45, 2.75) is 6.92 Å². The predicted octanol–water partition coefficient (Wildman–Crippen LogP) is 0.687. The van der Waals surface area contributed by atoms with E-state index in [0.717, 1.165) is 6.54 Å². The molecule has 0 bridgehead atoms. The number of methoxy groups -OCH3 is 1. The molecule has 0 aromatic carbocycles. The van der Waals surface area contributed by atoms with Gasteiger partial charge in [0.15, 0.2) is 0 Å². The molecule has 16 heavy (non-hydrogen) atoms. The van der Waals surface area contributed by atoms with E-state index >= 15 is 0 Å². The molecule has 0 saturated carbocycles. The number of hydrogen-bond acceptors (Lipinski definition) is 5. The Morgan fingerprint density at radius 2 is 2.38 bits per heavy atom. The lowest BCUT2D eigenvalue weighted by atomic mass is 10.2. The molecule has 5 nitrogen and oxygen atoms in total. The van der Waals surface area contributed by atoms with E-state index in [-0.39, 0.29) is 12.6 Å². The average molecular weight is 224 g/mol. The minimum Gasteiger partial charge on any atom is -0.465 e. The van der Waals surface area contributed by atoms with Crippen molar-refractivity contribution >= 4 is 11.8 Å². The Hall–Kier alpha value is -1.62. The Morgan fingerprint density at radius 3 is 2.94 bits per heavy atom. The molecule has 1 aromatic heterocycles. The molecule has 88 valence electrons. The third kappa shape index (κ3) is 2.93. The molecule has 0 aliphatic rings. The topological polar surface area (TPSA) is 62.7 Å². The van der Waals surface area contributed by atoms with Crippen LogP contribution >= 0.6 is 0 Å². The molecule has 0 amide bonds. The van der Waals surface area contributed by atoms with E-state index in [1.165, 1.54) is 7.11 Å². The summed E-state index contributed by atoms with van der Waals surface area (Å²) in [6.07, 6.45) is 1.56. The monoisotopic (exact) mass is 224 g/mol. The van der Waals surface area contributed by atoms with Gasteiger partial charge in [-0.05, 0) is 19.1 Å². The summed E-state index contributed by atoms with van der Waals surface area (Å²) >= 11 is 0. The van der Waals surface area contributed by atoms with Crippen molar-refractivity contribution in [3.63, 3.8) is 0 Å².